The summed E-state index contributed by atoms with van der Waals surface area (Å²) in [6.45, 7) is 1.99. The van der Waals surface area contributed by atoms with Gasteiger partial charge in [-0.2, -0.15) is 0 Å². The van der Waals surface area contributed by atoms with E-state index in [2.05, 4.69) is 4.99 Å². The van der Waals surface area contributed by atoms with E-state index in [-0.39, 0.29) is 5.92 Å². The van der Waals surface area contributed by atoms with Gasteiger partial charge in [0.05, 0.1) is 5.92 Å². The molecular formula is C12H13NO2. The second-order valence-electron chi connectivity index (χ2n) is 3.29. The van der Waals surface area contributed by atoms with Gasteiger partial charge in [-0.3, -0.25) is 4.79 Å². The number of rotatable bonds is 4. The van der Waals surface area contributed by atoms with E-state index in [1.807, 2.05) is 37.3 Å². The van der Waals surface area contributed by atoms with Gasteiger partial charge in [-0.05, 0) is 12.0 Å². The molecule has 0 bridgehead atoms. The lowest BCUT2D eigenvalue weighted by Crippen LogP contribution is -2.09. The van der Waals surface area contributed by atoms with Crippen molar-refractivity contribution in [3.05, 3.63) is 35.9 Å². The molecule has 0 aliphatic heterocycles. The Morgan fingerprint density at radius 3 is 2.60 bits per heavy atom. The van der Waals surface area contributed by atoms with E-state index < -0.39 is 5.91 Å². The van der Waals surface area contributed by atoms with Gasteiger partial charge < -0.3 is 0 Å². The minimum Gasteiger partial charge on any atom is -0.271 e. The van der Waals surface area contributed by atoms with Crippen molar-refractivity contribution in [2.45, 2.75) is 25.7 Å². The number of carbonyl (C=O) groups is 1. The first-order valence-corrected chi connectivity index (χ1v) is 4.96. The van der Waals surface area contributed by atoms with Crippen LogP contribution in [0.4, 0.5) is 0 Å². The summed E-state index contributed by atoms with van der Waals surface area (Å²) in [5.41, 5.74) is 0.906. The highest BCUT2D eigenvalue weighted by Crippen LogP contribution is 2.22. The number of aliphatic imine (C=N–C) groups is 1. The number of isocyanates is 1. The molecule has 1 aromatic carbocycles. The average molecular weight is 203 g/mol. The highest BCUT2D eigenvalue weighted by Gasteiger charge is 2.18. The number of hydrogen-bond acceptors (Lipinski definition) is 2. The van der Waals surface area contributed by atoms with E-state index in [4.69, 9.17) is 0 Å². The molecule has 1 aromatic rings. The fraction of sp³-hybridized carbons (Fsp3) is 0.333. The zero-order chi connectivity index (χ0) is 11.1. The lowest BCUT2D eigenvalue weighted by atomic mass is 9.94. The zero-order valence-corrected chi connectivity index (χ0v) is 8.64. The zero-order valence-electron chi connectivity index (χ0n) is 8.64. The van der Waals surface area contributed by atoms with Crippen LogP contribution in [-0.2, 0) is 9.59 Å². The Labute approximate surface area is 88.8 Å². The van der Waals surface area contributed by atoms with Gasteiger partial charge in [0.15, 0.2) is 0 Å². The summed E-state index contributed by atoms with van der Waals surface area (Å²) in [6, 6.07) is 9.38. The number of carbonyl (C=O) groups excluding carboxylic acids is 2. The van der Waals surface area contributed by atoms with Gasteiger partial charge in [0.1, 0.15) is 0 Å². The highest BCUT2D eigenvalue weighted by atomic mass is 16.2. The molecule has 0 N–H and O–H groups in total. The molecule has 78 valence electrons. The number of amides is 1. The summed E-state index contributed by atoms with van der Waals surface area (Å²) < 4.78 is 0. The maximum absolute atomic E-state index is 11.5. The normalized spacial score (nSPS) is 11.5. The molecule has 0 radical (unpaired) electrons. The average Bonchev–Trinajstić information content (AvgIpc) is 2.27. The summed E-state index contributed by atoms with van der Waals surface area (Å²) in [7, 11) is 0. The van der Waals surface area contributed by atoms with Gasteiger partial charge in [0.25, 0.3) is 5.91 Å². The van der Waals surface area contributed by atoms with E-state index in [0.29, 0.717) is 6.42 Å². The Balaban J connectivity index is 2.92. The molecular weight excluding hydrogens is 190 g/mol. The van der Waals surface area contributed by atoms with Crippen molar-refractivity contribution in [1.29, 1.82) is 0 Å². The van der Waals surface area contributed by atoms with Gasteiger partial charge in [-0.15, -0.1) is 4.99 Å². The Morgan fingerprint density at radius 1 is 1.40 bits per heavy atom. The first-order chi connectivity index (χ1) is 7.29. The minimum absolute atomic E-state index is 0.308. The van der Waals surface area contributed by atoms with Gasteiger partial charge >= 0.3 is 0 Å². The SMILES string of the molecule is CCCC(C(=O)N=C=O)c1ccccc1. The molecule has 0 saturated carbocycles. The predicted octanol–water partition coefficient (Wildman–Crippen LogP) is 2.43. The predicted molar refractivity (Wildman–Crippen MR) is 57.2 cm³/mol. The third kappa shape index (κ3) is 3.15. The monoisotopic (exact) mass is 203 g/mol. The number of hydrogen-bond donors (Lipinski definition) is 0. The molecule has 15 heavy (non-hydrogen) atoms. The van der Waals surface area contributed by atoms with Crippen LogP contribution in [0, 0.1) is 0 Å². The van der Waals surface area contributed by atoms with Gasteiger partial charge in [0, 0.05) is 0 Å². The third-order valence-corrected chi connectivity index (χ3v) is 2.23. The third-order valence-electron chi connectivity index (χ3n) is 2.23. The van der Waals surface area contributed by atoms with Crippen molar-refractivity contribution in [2.24, 2.45) is 4.99 Å². The summed E-state index contributed by atoms with van der Waals surface area (Å²) in [6.07, 6.45) is 2.88. The van der Waals surface area contributed by atoms with Crippen LogP contribution in [-0.4, -0.2) is 12.0 Å². The number of nitrogens with zero attached hydrogens (tertiary/aromatic N) is 1. The lowest BCUT2D eigenvalue weighted by molar-refractivity contribution is -0.119. The van der Waals surface area contributed by atoms with Crippen LogP contribution in [0.15, 0.2) is 35.3 Å². The van der Waals surface area contributed by atoms with Gasteiger partial charge in [-0.1, -0.05) is 43.7 Å². The van der Waals surface area contributed by atoms with Gasteiger partial charge in [-0.25, -0.2) is 4.79 Å². The molecule has 3 nitrogen and oxygen atoms in total. The fourth-order valence-corrected chi connectivity index (χ4v) is 1.53. The molecule has 0 aliphatic carbocycles. The van der Waals surface area contributed by atoms with Crippen LogP contribution in [0.3, 0.4) is 0 Å². The molecule has 1 atom stereocenters. The van der Waals surface area contributed by atoms with Crippen molar-refractivity contribution >= 4 is 12.0 Å². The molecule has 3 heteroatoms. The smallest absolute Gasteiger partial charge is 0.263 e. The Kier molecular flexibility index (Phi) is 4.45. The minimum atomic E-state index is -0.405. The van der Waals surface area contributed by atoms with Crippen molar-refractivity contribution in [3.63, 3.8) is 0 Å². The van der Waals surface area contributed by atoms with Gasteiger partial charge in [0.2, 0.25) is 6.08 Å². The molecule has 0 heterocycles. The van der Waals surface area contributed by atoms with Crippen molar-refractivity contribution in [1.82, 2.24) is 0 Å². The second kappa shape index (κ2) is 5.89. The molecule has 0 aromatic heterocycles. The van der Waals surface area contributed by atoms with E-state index in [0.717, 1.165) is 12.0 Å². The highest BCUT2D eigenvalue weighted by molar-refractivity contribution is 5.87. The van der Waals surface area contributed by atoms with E-state index in [1.165, 1.54) is 6.08 Å². The first kappa shape index (κ1) is 11.3. The largest absolute Gasteiger partial charge is 0.271 e. The maximum atomic E-state index is 11.5. The first-order valence-electron chi connectivity index (χ1n) is 4.96. The molecule has 1 unspecified atom stereocenters. The Bertz CT molecular complexity index is 366. The fourth-order valence-electron chi connectivity index (χ4n) is 1.53. The number of benzene rings is 1. The van der Waals surface area contributed by atoms with Crippen LogP contribution in [0.25, 0.3) is 0 Å². The lowest BCUT2D eigenvalue weighted by Gasteiger charge is -2.11. The van der Waals surface area contributed by atoms with Crippen LogP contribution in [0.1, 0.15) is 31.2 Å². The van der Waals surface area contributed by atoms with Crippen molar-refractivity contribution in [3.8, 4) is 0 Å². The summed E-state index contributed by atoms with van der Waals surface area (Å²) in [5, 5.41) is 0. The van der Waals surface area contributed by atoms with E-state index in [9.17, 15) is 9.59 Å². The summed E-state index contributed by atoms with van der Waals surface area (Å²) in [5.74, 6) is -0.712. The van der Waals surface area contributed by atoms with Crippen molar-refractivity contribution in [2.75, 3.05) is 0 Å². The van der Waals surface area contributed by atoms with E-state index >= 15 is 0 Å². The Hall–Kier alpha value is -1.73. The second-order valence-corrected chi connectivity index (χ2v) is 3.29. The molecule has 1 rings (SSSR count). The molecule has 1 amide bonds. The van der Waals surface area contributed by atoms with Crippen LogP contribution < -0.4 is 0 Å². The quantitative estimate of drug-likeness (QED) is 0.557. The Morgan fingerprint density at radius 2 is 2.07 bits per heavy atom. The standard InChI is InChI=1S/C12H13NO2/c1-2-6-11(12(15)13-9-14)10-7-4-3-5-8-10/h3-5,7-8,11H,2,6H2,1H3. The van der Waals surface area contributed by atoms with Crippen LogP contribution in [0.2, 0.25) is 0 Å². The maximum Gasteiger partial charge on any atom is 0.263 e. The molecule has 0 aliphatic rings. The van der Waals surface area contributed by atoms with Crippen LogP contribution >= 0.6 is 0 Å². The molecule has 0 saturated heterocycles. The van der Waals surface area contributed by atoms with Crippen LogP contribution in [0.5, 0.6) is 0 Å². The molecule has 0 spiro atoms. The van der Waals surface area contributed by atoms with E-state index in [1.54, 1.807) is 0 Å². The summed E-state index contributed by atoms with van der Waals surface area (Å²) in [4.78, 5) is 24.7. The molecule has 0 fully saturated rings. The topological polar surface area (TPSA) is 46.5 Å². The van der Waals surface area contributed by atoms with Crippen molar-refractivity contribution < 1.29 is 9.59 Å². The summed E-state index contributed by atoms with van der Waals surface area (Å²) >= 11 is 0.